The lowest BCUT2D eigenvalue weighted by atomic mass is 10.0. The number of aliphatic hydroxyl groups is 3. The zero-order chi connectivity index (χ0) is 21.5. The van der Waals surface area contributed by atoms with Crippen LogP contribution in [0.3, 0.4) is 0 Å². The monoisotopic (exact) mass is 442 g/mol. The van der Waals surface area contributed by atoms with Crippen molar-refractivity contribution in [2.45, 2.75) is 54.6 Å². The Morgan fingerprint density at radius 2 is 1.94 bits per heavy atom. The molecule has 2 aromatic heterocycles. The highest BCUT2D eigenvalue weighted by Crippen LogP contribution is 2.43. The Labute approximate surface area is 183 Å². The van der Waals surface area contributed by atoms with Gasteiger partial charge in [-0.1, -0.05) is 47.3 Å². The Hall–Kier alpha value is -2.27. The molecule has 164 valence electrons. The molecule has 6 atom stereocenters. The molecule has 4 N–H and O–H groups in total. The lowest BCUT2D eigenvalue weighted by Crippen LogP contribution is -2.30. The zero-order valence-corrected chi connectivity index (χ0v) is 18.0. The Morgan fingerprint density at radius 1 is 1.13 bits per heavy atom. The summed E-state index contributed by atoms with van der Waals surface area (Å²) < 4.78 is 1.61. The number of nitrogens with zero attached hydrogens (tertiary/aromatic N) is 5. The average Bonchev–Trinajstić information content (AvgIpc) is 3.35. The van der Waals surface area contributed by atoms with E-state index in [-0.39, 0.29) is 18.6 Å². The number of anilines is 1. The molecule has 0 amide bonds. The third kappa shape index (κ3) is 3.78. The standard InChI is InChI=1S/C21H26N6O3S/c1-31-21-23-19(22-14-10-13(14)11-5-3-2-4-6-11)16-20(24-21)27(26-25-16)15-9-12(7-8-28)17(29)18(15)30/h2-6,12-15,17-18,28-30H,7-10H2,1H3,(H,22,23,24)/t12-,13?,14?,15+,17+,18-/m1/s1. The second-order valence-electron chi connectivity index (χ2n) is 8.33. The van der Waals surface area contributed by atoms with Gasteiger partial charge in [-0.15, -0.1) is 5.10 Å². The van der Waals surface area contributed by atoms with Crippen LogP contribution < -0.4 is 5.32 Å². The molecule has 2 aliphatic rings. The molecule has 0 spiro atoms. The minimum absolute atomic E-state index is 0.0316. The van der Waals surface area contributed by atoms with E-state index in [1.807, 2.05) is 12.3 Å². The second kappa shape index (κ2) is 8.34. The first-order valence-electron chi connectivity index (χ1n) is 10.6. The Morgan fingerprint density at radius 3 is 2.68 bits per heavy atom. The van der Waals surface area contributed by atoms with Gasteiger partial charge in [0, 0.05) is 18.6 Å². The fourth-order valence-electron chi connectivity index (χ4n) is 4.62. The summed E-state index contributed by atoms with van der Waals surface area (Å²) in [5, 5.41) is 43.0. The van der Waals surface area contributed by atoms with Gasteiger partial charge in [-0.2, -0.15) is 0 Å². The molecule has 0 bridgehead atoms. The number of fused-ring (bicyclic) bond motifs is 1. The van der Waals surface area contributed by atoms with Crippen LogP contribution in [0.1, 0.15) is 36.8 Å². The van der Waals surface area contributed by atoms with Crippen LogP contribution in [-0.2, 0) is 0 Å². The first-order valence-corrected chi connectivity index (χ1v) is 11.8. The lowest BCUT2D eigenvalue weighted by Gasteiger charge is -2.17. The number of hydrogen-bond donors (Lipinski definition) is 4. The van der Waals surface area contributed by atoms with Gasteiger partial charge in [0.15, 0.2) is 22.1 Å². The van der Waals surface area contributed by atoms with E-state index in [1.54, 1.807) is 4.68 Å². The Kier molecular flexibility index (Phi) is 5.55. The molecule has 2 heterocycles. The largest absolute Gasteiger partial charge is 0.396 e. The molecule has 5 rings (SSSR count). The minimum Gasteiger partial charge on any atom is -0.396 e. The number of hydrogen-bond acceptors (Lipinski definition) is 9. The molecule has 1 aromatic carbocycles. The first kappa shape index (κ1) is 20.6. The molecule has 10 heteroatoms. The van der Waals surface area contributed by atoms with Crippen LogP contribution in [0, 0.1) is 5.92 Å². The Bertz CT molecular complexity index is 1060. The topological polar surface area (TPSA) is 129 Å². The molecule has 2 saturated carbocycles. The third-order valence-electron chi connectivity index (χ3n) is 6.41. The van der Waals surface area contributed by atoms with Gasteiger partial charge in [0.2, 0.25) is 0 Å². The maximum absolute atomic E-state index is 10.6. The smallest absolute Gasteiger partial charge is 0.191 e. The van der Waals surface area contributed by atoms with Crippen molar-refractivity contribution >= 4 is 28.7 Å². The molecular formula is C21H26N6O3S. The normalized spacial score (nSPS) is 30.1. The predicted molar refractivity (Wildman–Crippen MR) is 117 cm³/mol. The highest BCUT2D eigenvalue weighted by atomic mass is 32.2. The van der Waals surface area contributed by atoms with Gasteiger partial charge in [0.1, 0.15) is 6.10 Å². The number of aromatic nitrogens is 5. The molecule has 0 saturated heterocycles. The van der Waals surface area contributed by atoms with E-state index < -0.39 is 18.2 Å². The minimum atomic E-state index is -0.989. The number of aliphatic hydroxyl groups excluding tert-OH is 3. The van der Waals surface area contributed by atoms with Crippen LogP contribution in [0.15, 0.2) is 35.5 Å². The van der Waals surface area contributed by atoms with Crippen LogP contribution in [-0.4, -0.2) is 71.4 Å². The highest BCUT2D eigenvalue weighted by Gasteiger charge is 2.44. The van der Waals surface area contributed by atoms with E-state index in [2.05, 4.69) is 49.9 Å². The molecule has 2 fully saturated rings. The summed E-state index contributed by atoms with van der Waals surface area (Å²) in [4.78, 5) is 9.23. The van der Waals surface area contributed by atoms with Gasteiger partial charge in [-0.05, 0) is 37.0 Å². The van der Waals surface area contributed by atoms with Gasteiger partial charge in [-0.3, -0.25) is 0 Å². The SMILES string of the molecule is CSc1nc(NC2CC2c2ccccc2)c2nnn([C@H]3C[C@@H](CCO)[C@H](O)[C@@H]3O)c2n1. The highest BCUT2D eigenvalue weighted by molar-refractivity contribution is 7.98. The number of thioether (sulfide) groups is 1. The summed E-state index contributed by atoms with van der Waals surface area (Å²) in [7, 11) is 0. The number of rotatable bonds is 7. The van der Waals surface area contributed by atoms with E-state index in [4.69, 9.17) is 0 Å². The third-order valence-corrected chi connectivity index (χ3v) is 6.96. The summed E-state index contributed by atoms with van der Waals surface area (Å²) in [5.74, 6) is 0.885. The zero-order valence-electron chi connectivity index (χ0n) is 17.2. The van der Waals surface area contributed by atoms with Gasteiger partial charge in [0.25, 0.3) is 0 Å². The van der Waals surface area contributed by atoms with E-state index in [9.17, 15) is 15.3 Å². The van der Waals surface area contributed by atoms with Crippen LogP contribution in [0.2, 0.25) is 0 Å². The van der Waals surface area contributed by atoms with E-state index in [0.29, 0.717) is 40.9 Å². The van der Waals surface area contributed by atoms with E-state index in [1.165, 1.54) is 17.3 Å². The van der Waals surface area contributed by atoms with Crippen molar-refractivity contribution in [3.8, 4) is 0 Å². The van der Waals surface area contributed by atoms with Crippen molar-refractivity contribution < 1.29 is 15.3 Å². The van der Waals surface area contributed by atoms with Crippen LogP contribution in [0.25, 0.3) is 11.2 Å². The molecule has 0 aliphatic heterocycles. The second-order valence-corrected chi connectivity index (χ2v) is 9.10. The molecule has 3 aromatic rings. The summed E-state index contributed by atoms with van der Waals surface area (Å²) >= 11 is 1.43. The molecule has 2 unspecified atom stereocenters. The van der Waals surface area contributed by atoms with Gasteiger partial charge >= 0.3 is 0 Å². The van der Waals surface area contributed by atoms with Crippen molar-refractivity contribution in [3.63, 3.8) is 0 Å². The predicted octanol–water partition coefficient (Wildman–Crippen LogP) is 1.58. The fourth-order valence-corrected chi connectivity index (χ4v) is 4.98. The molecule has 0 radical (unpaired) electrons. The van der Waals surface area contributed by atoms with Crippen molar-refractivity contribution in [2.75, 3.05) is 18.2 Å². The molecular weight excluding hydrogens is 416 g/mol. The maximum Gasteiger partial charge on any atom is 0.191 e. The Balaban J connectivity index is 1.44. The fraction of sp³-hybridized carbons (Fsp3) is 0.524. The van der Waals surface area contributed by atoms with E-state index >= 15 is 0 Å². The molecule has 9 nitrogen and oxygen atoms in total. The summed E-state index contributed by atoms with van der Waals surface area (Å²) in [6.45, 7) is -0.0316. The van der Waals surface area contributed by atoms with Crippen molar-refractivity contribution in [1.82, 2.24) is 25.0 Å². The first-order chi connectivity index (χ1) is 15.1. The summed E-state index contributed by atoms with van der Waals surface area (Å²) in [6.07, 6.45) is 1.97. The molecule has 31 heavy (non-hydrogen) atoms. The molecule has 2 aliphatic carbocycles. The van der Waals surface area contributed by atoms with E-state index in [0.717, 1.165) is 6.42 Å². The lowest BCUT2D eigenvalue weighted by molar-refractivity contribution is 0.00107. The summed E-state index contributed by atoms with van der Waals surface area (Å²) in [5.41, 5.74) is 2.40. The average molecular weight is 443 g/mol. The quantitative estimate of drug-likeness (QED) is 0.318. The summed E-state index contributed by atoms with van der Waals surface area (Å²) in [6, 6.07) is 10.2. The van der Waals surface area contributed by atoms with Crippen LogP contribution >= 0.6 is 11.8 Å². The van der Waals surface area contributed by atoms with Gasteiger partial charge in [-0.25, -0.2) is 14.6 Å². The number of nitrogens with one attached hydrogen (secondary N) is 1. The van der Waals surface area contributed by atoms with Gasteiger partial charge < -0.3 is 20.6 Å². The van der Waals surface area contributed by atoms with Crippen LogP contribution in [0.5, 0.6) is 0 Å². The maximum atomic E-state index is 10.6. The van der Waals surface area contributed by atoms with Gasteiger partial charge in [0.05, 0.1) is 12.1 Å². The van der Waals surface area contributed by atoms with Crippen molar-refractivity contribution in [3.05, 3.63) is 35.9 Å². The van der Waals surface area contributed by atoms with Crippen molar-refractivity contribution in [2.24, 2.45) is 5.92 Å². The van der Waals surface area contributed by atoms with Crippen LogP contribution in [0.4, 0.5) is 5.82 Å². The van der Waals surface area contributed by atoms with Crippen molar-refractivity contribution in [1.29, 1.82) is 0 Å². The number of benzene rings is 1.